The molecule has 1 saturated carbocycles. The van der Waals surface area contributed by atoms with Crippen LogP contribution in [0.1, 0.15) is 46.0 Å². The molecule has 2 fully saturated rings. The summed E-state index contributed by atoms with van der Waals surface area (Å²) in [7, 11) is 0. The highest BCUT2D eigenvalue weighted by molar-refractivity contribution is 5.74. The monoisotopic (exact) mass is 354 g/mol. The number of carbonyl (C=O) groups is 2. The van der Waals surface area contributed by atoms with Crippen molar-refractivity contribution in [2.45, 2.75) is 58.0 Å². The van der Waals surface area contributed by atoms with E-state index < -0.39 is 5.97 Å². The summed E-state index contributed by atoms with van der Waals surface area (Å²) < 4.78 is 0. The first-order valence-electron chi connectivity index (χ1n) is 9.74. The molecule has 3 N–H and O–H groups in total. The molecule has 25 heavy (non-hydrogen) atoms. The number of urea groups is 1. The van der Waals surface area contributed by atoms with Crippen LogP contribution in [0, 0.1) is 5.92 Å². The summed E-state index contributed by atoms with van der Waals surface area (Å²) >= 11 is 0. The Morgan fingerprint density at radius 3 is 2.44 bits per heavy atom. The maximum atomic E-state index is 12.0. The third-order valence-electron chi connectivity index (χ3n) is 5.70. The third kappa shape index (κ3) is 6.47. The third-order valence-corrected chi connectivity index (χ3v) is 5.70. The lowest BCUT2D eigenvalue weighted by Crippen LogP contribution is -2.56. The second kappa shape index (κ2) is 9.97. The van der Waals surface area contributed by atoms with Gasteiger partial charge in [-0.3, -0.25) is 9.69 Å². The molecule has 1 saturated heterocycles. The summed E-state index contributed by atoms with van der Waals surface area (Å²) in [6, 6.07) is 0.353. The van der Waals surface area contributed by atoms with Gasteiger partial charge in [-0.2, -0.15) is 0 Å². The minimum atomic E-state index is -0.791. The van der Waals surface area contributed by atoms with Gasteiger partial charge in [0.05, 0.1) is 6.54 Å². The number of carboxylic acids is 1. The zero-order valence-corrected chi connectivity index (χ0v) is 15.7. The minimum absolute atomic E-state index is 0.0803. The Hall–Kier alpha value is -1.34. The molecule has 0 bridgehead atoms. The molecule has 0 aromatic heterocycles. The normalized spacial score (nSPS) is 24.8. The number of carboxylic acid groups (broad SMARTS) is 1. The second-order valence-electron chi connectivity index (χ2n) is 7.35. The molecule has 2 aliphatic rings. The predicted octanol–water partition coefficient (Wildman–Crippen LogP) is 1.35. The van der Waals surface area contributed by atoms with Gasteiger partial charge in [-0.15, -0.1) is 0 Å². The van der Waals surface area contributed by atoms with Gasteiger partial charge < -0.3 is 20.6 Å². The van der Waals surface area contributed by atoms with E-state index in [0.29, 0.717) is 0 Å². The van der Waals surface area contributed by atoms with Crippen molar-refractivity contribution >= 4 is 12.0 Å². The van der Waals surface area contributed by atoms with Crippen molar-refractivity contribution in [1.29, 1.82) is 0 Å². The maximum absolute atomic E-state index is 12.0. The Balaban J connectivity index is 1.54. The molecule has 0 aromatic carbocycles. The van der Waals surface area contributed by atoms with Crippen molar-refractivity contribution in [3.8, 4) is 0 Å². The number of likely N-dealkylation sites (tertiary alicyclic amines) is 1. The van der Waals surface area contributed by atoms with Crippen LogP contribution in [0.15, 0.2) is 0 Å². The number of rotatable bonds is 9. The lowest BCUT2D eigenvalue weighted by atomic mass is 9.85. The van der Waals surface area contributed by atoms with Gasteiger partial charge in [0.25, 0.3) is 0 Å². The lowest BCUT2D eigenvalue weighted by Gasteiger charge is -2.42. The number of nitrogens with zero attached hydrogens (tertiary/aromatic N) is 2. The quantitative estimate of drug-likeness (QED) is 0.582. The molecule has 2 amide bonds. The largest absolute Gasteiger partial charge is 0.480 e. The summed E-state index contributed by atoms with van der Waals surface area (Å²) in [5, 5.41) is 14.9. The van der Waals surface area contributed by atoms with Gasteiger partial charge in [0.1, 0.15) is 0 Å². The highest BCUT2D eigenvalue weighted by Crippen LogP contribution is 2.25. The maximum Gasteiger partial charge on any atom is 0.317 e. The summed E-state index contributed by atoms with van der Waals surface area (Å²) in [4.78, 5) is 27.2. The van der Waals surface area contributed by atoms with Crippen LogP contribution in [0.25, 0.3) is 0 Å². The van der Waals surface area contributed by atoms with Crippen LogP contribution in [0.3, 0.4) is 0 Å². The standard InChI is InChI=1S/C18H34N4O3/c1-3-21-9-6-14(7-10-21)5-8-19-18(25)20-15-11-16(12-15)22(4-2)13-17(23)24/h14-16H,3-13H2,1-2H3,(H,23,24)(H2,19,20,25). The van der Waals surface area contributed by atoms with Crippen molar-refractivity contribution in [2.75, 3.05) is 39.3 Å². The number of aliphatic carboxylic acids is 1. The average molecular weight is 354 g/mol. The zero-order valence-electron chi connectivity index (χ0n) is 15.7. The fraction of sp³-hybridized carbons (Fsp3) is 0.889. The summed E-state index contributed by atoms with van der Waals surface area (Å²) in [5.41, 5.74) is 0. The number of amides is 2. The lowest BCUT2D eigenvalue weighted by molar-refractivity contribution is -0.139. The van der Waals surface area contributed by atoms with Crippen LogP contribution < -0.4 is 10.6 Å². The molecule has 1 aliphatic carbocycles. The Labute approximate surface area is 151 Å². The predicted molar refractivity (Wildman–Crippen MR) is 97.7 cm³/mol. The van der Waals surface area contributed by atoms with E-state index in [1.807, 2.05) is 11.8 Å². The molecule has 0 atom stereocenters. The summed E-state index contributed by atoms with van der Waals surface area (Å²) in [6.07, 6.45) is 5.20. The van der Waals surface area contributed by atoms with E-state index in [4.69, 9.17) is 5.11 Å². The van der Waals surface area contributed by atoms with E-state index in [9.17, 15) is 9.59 Å². The molecule has 2 rings (SSSR count). The number of carbonyl (C=O) groups excluding carboxylic acids is 1. The first-order chi connectivity index (χ1) is 12.0. The highest BCUT2D eigenvalue weighted by Gasteiger charge is 2.34. The fourth-order valence-electron chi connectivity index (χ4n) is 3.89. The number of hydrogen-bond donors (Lipinski definition) is 3. The molecule has 0 aromatic rings. The van der Waals surface area contributed by atoms with E-state index in [-0.39, 0.29) is 24.7 Å². The van der Waals surface area contributed by atoms with Gasteiger partial charge in [0, 0.05) is 18.6 Å². The van der Waals surface area contributed by atoms with Gasteiger partial charge in [-0.25, -0.2) is 4.79 Å². The van der Waals surface area contributed by atoms with E-state index in [1.54, 1.807) is 0 Å². The molecule has 7 nitrogen and oxygen atoms in total. The van der Waals surface area contributed by atoms with Crippen molar-refractivity contribution in [3.63, 3.8) is 0 Å². The van der Waals surface area contributed by atoms with Gasteiger partial charge >= 0.3 is 12.0 Å². The molecular formula is C18H34N4O3. The van der Waals surface area contributed by atoms with E-state index in [0.717, 1.165) is 44.8 Å². The van der Waals surface area contributed by atoms with E-state index >= 15 is 0 Å². The SMILES string of the molecule is CCN1CCC(CCNC(=O)NC2CC(N(CC)CC(=O)O)C2)CC1. The van der Waals surface area contributed by atoms with Crippen LogP contribution in [0.2, 0.25) is 0 Å². The summed E-state index contributed by atoms with van der Waals surface area (Å²) in [5.74, 6) is -0.0638. The van der Waals surface area contributed by atoms with Gasteiger partial charge in [-0.05, 0) is 64.2 Å². The minimum Gasteiger partial charge on any atom is -0.480 e. The molecule has 1 aliphatic heterocycles. The Bertz CT molecular complexity index is 432. The van der Waals surface area contributed by atoms with Crippen LogP contribution >= 0.6 is 0 Å². The van der Waals surface area contributed by atoms with Gasteiger partial charge in [-0.1, -0.05) is 13.8 Å². The van der Waals surface area contributed by atoms with Gasteiger partial charge in [0.2, 0.25) is 0 Å². The van der Waals surface area contributed by atoms with Crippen molar-refractivity contribution in [2.24, 2.45) is 5.92 Å². The molecule has 144 valence electrons. The number of piperidine rings is 1. The molecule has 1 heterocycles. The Morgan fingerprint density at radius 1 is 1.20 bits per heavy atom. The smallest absolute Gasteiger partial charge is 0.317 e. The first-order valence-corrected chi connectivity index (χ1v) is 9.74. The molecule has 7 heteroatoms. The van der Waals surface area contributed by atoms with Crippen molar-refractivity contribution in [3.05, 3.63) is 0 Å². The first kappa shape index (κ1) is 20.0. The topological polar surface area (TPSA) is 84.9 Å². The zero-order chi connectivity index (χ0) is 18.2. The van der Waals surface area contributed by atoms with Crippen molar-refractivity contribution in [1.82, 2.24) is 20.4 Å². The number of nitrogens with one attached hydrogen (secondary N) is 2. The van der Waals surface area contributed by atoms with E-state index in [2.05, 4.69) is 22.5 Å². The van der Waals surface area contributed by atoms with Crippen molar-refractivity contribution < 1.29 is 14.7 Å². The average Bonchev–Trinajstić information content (AvgIpc) is 2.56. The Morgan fingerprint density at radius 2 is 1.88 bits per heavy atom. The van der Waals surface area contributed by atoms with Crippen LogP contribution in [-0.4, -0.2) is 78.3 Å². The van der Waals surface area contributed by atoms with Gasteiger partial charge in [0.15, 0.2) is 0 Å². The Kier molecular flexibility index (Phi) is 7.96. The number of hydrogen-bond acceptors (Lipinski definition) is 4. The number of likely N-dealkylation sites (N-methyl/N-ethyl adjacent to an activating group) is 1. The molecule has 0 radical (unpaired) electrons. The van der Waals surface area contributed by atoms with E-state index in [1.165, 1.54) is 25.9 Å². The molecule has 0 spiro atoms. The fourth-order valence-corrected chi connectivity index (χ4v) is 3.89. The van der Waals surface area contributed by atoms with Crippen LogP contribution in [-0.2, 0) is 4.79 Å². The summed E-state index contributed by atoms with van der Waals surface area (Å²) in [6.45, 7) is 9.22. The second-order valence-corrected chi connectivity index (χ2v) is 7.35. The highest BCUT2D eigenvalue weighted by atomic mass is 16.4. The molecular weight excluding hydrogens is 320 g/mol. The van der Waals surface area contributed by atoms with Crippen LogP contribution in [0.4, 0.5) is 4.79 Å². The van der Waals surface area contributed by atoms with Crippen LogP contribution in [0.5, 0.6) is 0 Å². The molecule has 0 unspecified atom stereocenters.